The second-order valence-corrected chi connectivity index (χ2v) is 5.85. The highest BCUT2D eigenvalue weighted by Gasteiger charge is 2.24. The summed E-state index contributed by atoms with van der Waals surface area (Å²) in [5.41, 5.74) is 10.2. The van der Waals surface area contributed by atoms with Crippen LogP contribution in [0.15, 0.2) is 41.0 Å². The van der Waals surface area contributed by atoms with E-state index in [9.17, 15) is 0 Å². The van der Waals surface area contributed by atoms with Crippen molar-refractivity contribution in [2.24, 2.45) is 5.73 Å². The highest BCUT2D eigenvalue weighted by Crippen LogP contribution is 2.27. The van der Waals surface area contributed by atoms with Gasteiger partial charge in [0.2, 0.25) is 0 Å². The summed E-state index contributed by atoms with van der Waals surface area (Å²) in [5.74, 6) is 0.981. The predicted molar refractivity (Wildman–Crippen MR) is 87.1 cm³/mol. The Labute approximate surface area is 127 Å². The van der Waals surface area contributed by atoms with Crippen molar-refractivity contribution in [2.45, 2.75) is 45.8 Å². The lowest BCUT2D eigenvalue weighted by Gasteiger charge is -2.33. The lowest BCUT2D eigenvalue weighted by atomic mass is 9.95. The summed E-state index contributed by atoms with van der Waals surface area (Å²) < 4.78 is 5.40. The topological polar surface area (TPSA) is 42.4 Å². The van der Waals surface area contributed by atoms with Crippen molar-refractivity contribution in [2.75, 3.05) is 7.05 Å². The van der Waals surface area contributed by atoms with E-state index in [0.717, 1.165) is 18.7 Å². The van der Waals surface area contributed by atoms with E-state index in [1.165, 1.54) is 16.7 Å². The summed E-state index contributed by atoms with van der Waals surface area (Å²) in [6.07, 6.45) is 2.70. The number of hydrogen-bond acceptors (Lipinski definition) is 3. The number of hydrogen-bond donors (Lipinski definition) is 1. The summed E-state index contributed by atoms with van der Waals surface area (Å²) in [6.45, 7) is 7.11. The SMILES string of the molecule is CCC(N)C(c1cccc(C)c1)N(C)Cc1ccoc1C. The van der Waals surface area contributed by atoms with Crippen LogP contribution in [0, 0.1) is 13.8 Å². The molecule has 0 saturated carbocycles. The minimum atomic E-state index is 0.115. The van der Waals surface area contributed by atoms with Gasteiger partial charge in [-0.3, -0.25) is 4.90 Å². The summed E-state index contributed by atoms with van der Waals surface area (Å²) >= 11 is 0. The van der Waals surface area contributed by atoms with Gasteiger partial charge in [-0.25, -0.2) is 0 Å². The molecule has 0 aliphatic heterocycles. The van der Waals surface area contributed by atoms with E-state index in [1.807, 2.05) is 13.0 Å². The Bertz CT molecular complexity index is 576. The Hall–Kier alpha value is -1.58. The van der Waals surface area contributed by atoms with Gasteiger partial charge in [-0.05, 0) is 38.9 Å². The smallest absolute Gasteiger partial charge is 0.105 e. The zero-order chi connectivity index (χ0) is 15.4. The Balaban J connectivity index is 2.25. The minimum absolute atomic E-state index is 0.115. The van der Waals surface area contributed by atoms with Crippen LogP contribution in [0.5, 0.6) is 0 Å². The molecule has 0 aliphatic carbocycles. The van der Waals surface area contributed by atoms with Gasteiger partial charge in [0.05, 0.1) is 6.26 Å². The van der Waals surface area contributed by atoms with Crippen LogP contribution in [-0.4, -0.2) is 18.0 Å². The second kappa shape index (κ2) is 6.92. The molecule has 0 amide bonds. The Morgan fingerprint density at radius 2 is 2.00 bits per heavy atom. The average molecular weight is 286 g/mol. The molecule has 3 nitrogen and oxygen atoms in total. The molecular weight excluding hydrogens is 260 g/mol. The van der Waals surface area contributed by atoms with E-state index in [4.69, 9.17) is 10.2 Å². The molecule has 0 radical (unpaired) electrons. The molecule has 1 heterocycles. The molecule has 0 bridgehead atoms. The maximum atomic E-state index is 6.40. The fraction of sp³-hybridized carbons (Fsp3) is 0.444. The van der Waals surface area contributed by atoms with E-state index in [0.29, 0.717) is 0 Å². The van der Waals surface area contributed by atoms with Gasteiger partial charge in [0.15, 0.2) is 0 Å². The zero-order valence-electron chi connectivity index (χ0n) is 13.5. The van der Waals surface area contributed by atoms with Gasteiger partial charge in [-0.15, -0.1) is 0 Å². The monoisotopic (exact) mass is 286 g/mol. The minimum Gasteiger partial charge on any atom is -0.469 e. The number of nitrogens with zero attached hydrogens (tertiary/aromatic N) is 1. The second-order valence-electron chi connectivity index (χ2n) is 5.85. The van der Waals surface area contributed by atoms with Gasteiger partial charge >= 0.3 is 0 Å². The third-order valence-corrected chi connectivity index (χ3v) is 4.12. The molecule has 0 fully saturated rings. The van der Waals surface area contributed by atoms with Crippen LogP contribution in [0.3, 0.4) is 0 Å². The molecule has 0 spiro atoms. The third-order valence-electron chi connectivity index (χ3n) is 4.12. The van der Waals surface area contributed by atoms with Crippen molar-refractivity contribution >= 4 is 0 Å². The Kier molecular flexibility index (Phi) is 5.21. The molecular formula is C18H26N2O. The van der Waals surface area contributed by atoms with Crippen molar-refractivity contribution in [1.29, 1.82) is 0 Å². The fourth-order valence-electron chi connectivity index (χ4n) is 2.85. The molecule has 3 heteroatoms. The maximum absolute atomic E-state index is 6.40. The molecule has 2 unspecified atom stereocenters. The van der Waals surface area contributed by atoms with Crippen molar-refractivity contribution in [1.82, 2.24) is 4.90 Å². The Morgan fingerprint density at radius 3 is 2.57 bits per heavy atom. The number of rotatable bonds is 6. The molecule has 0 saturated heterocycles. The Morgan fingerprint density at radius 1 is 1.24 bits per heavy atom. The fourth-order valence-corrected chi connectivity index (χ4v) is 2.85. The number of nitrogens with two attached hydrogens (primary N) is 1. The van der Waals surface area contributed by atoms with Crippen LogP contribution in [0.4, 0.5) is 0 Å². The van der Waals surface area contributed by atoms with Crippen LogP contribution >= 0.6 is 0 Å². The third kappa shape index (κ3) is 3.74. The lowest BCUT2D eigenvalue weighted by Crippen LogP contribution is -2.38. The summed E-state index contributed by atoms with van der Waals surface area (Å²) in [7, 11) is 2.13. The van der Waals surface area contributed by atoms with Crippen LogP contribution < -0.4 is 5.73 Å². The van der Waals surface area contributed by atoms with Gasteiger partial charge in [-0.2, -0.15) is 0 Å². The lowest BCUT2D eigenvalue weighted by molar-refractivity contribution is 0.200. The highest BCUT2D eigenvalue weighted by atomic mass is 16.3. The first-order valence-corrected chi connectivity index (χ1v) is 7.58. The molecule has 2 rings (SSSR count). The molecule has 114 valence electrons. The normalized spacial score (nSPS) is 14.4. The molecule has 21 heavy (non-hydrogen) atoms. The average Bonchev–Trinajstić information content (AvgIpc) is 2.84. The van der Waals surface area contributed by atoms with Crippen molar-refractivity contribution < 1.29 is 4.42 Å². The highest BCUT2D eigenvalue weighted by molar-refractivity contribution is 5.27. The molecule has 0 aliphatic rings. The van der Waals surface area contributed by atoms with Crippen molar-refractivity contribution in [3.8, 4) is 0 Å². The van der Waals surface area contributed by atoms with Crippen LogP contribution in [-0.2, 0) is 6.54 Å². The zero-order valence-corrected chi connectivity index (χ0v) is 13.5. The van der Waals surface area contributed by atoms with E-state index >= 15 is 0 Å². The molecule has 1 aromatic heterocycles. The predicted octanol–water partition coefficient (Wildman–Crippen LogP) is 3.81. The van der Waals surface area contributed by atoms with Crippen LogP contribution in [0.2, 0.25) is 0 Å². The first kappa shape index (κ1) is 15.8. The number of furan rings is 1. The summed E-state index contributed by atoms with van der Waals surface area (Å²) in [5, 5.41) is 0. The van der Waals surface area contributed by atoms with Crippen molar-refractivity contribution in [3.05, 3.63) is 59.0 Å². The van der Waals surface area contributed by atoms with E-state index < -0.39 is 0 Å². The molecule has 1 aromatic carbocycles. The van der Waals surface area contributed by atoms with Gasteiger partial charge in [0.25, 0.3) is 0 Å². The molecule has 2 atom stereocenters. The maximum Gasteiger partial charge on any atom is 0.105 e. The quantitative estimate of drug-likeness (QED) is 0.878. The van der Waals surface area contributed by atoms with Gasteiger partial charge < -0.3 is 10.2 Å². The first-order valence-electron chi connectivity index (χ1n) is 7.58. The number of benzene rings is 1. The van der Waals surface area contributed by atoms with E-state index in [1.54, 1.807) is 6.26 Å². The van der Waals surface area contributed by atoms with Gasteiger partial charge in [0, 0.05) is 24.2 Å². The largest absolute Gasteiger partial charge is 0.469 e. The summed E-state index contributed by atoms with van der Waals surface area (Å²) in [6, 6.07) is 11.0. The molecule has 2 aromatic rings. The van der Waals surface area contributed by atoms with Crippen molar-refractivity contribution in [3.63, 3.8) is 0 Å². The molecule has 2 N–H and O–H groups in total. The number of likely N-dealkylation sites (N-methyl/N-ethyl adjacent to an activating group) is 1. The standard InChI is InChI=1S/C18H26N2O/c1-5-17(19)18(15-8-6-7-13(2)11-15)20(4)12-16-9-10-21-14(16)3/h6-11,17-18H,5,12,19H2,1-4H3. The van der Waals surface area contributed by atoms with Crippen LogP contribution in [0.1, 0.15) is 41.8 Å². The first-order chi connectivity index (χ1) is 10.0. The van der Waals surface area contributed by atoms with Gasteiger partial charge in [-0.1, -0.05) is 36.8 Å². The van der Waals surface area contributed by atoms with E-state index in [-0.39, 0.29) is 12.1 Å². The van der Waals surface area contributed by atoms with Crippen LogP contribution in [0.25, 0.3) is 0 Å². The van der Waals surface area contributed by atoms with E-state index in [2.05, 4.69) is 50.1 Å². The number of aryl methyl sites for hydroxylation is 2. The van der Waals surface area contributed by atoms with Gasteiger partial charge in [0.1, 0.15) is 5.76 Å². The summed E-state index contributed by atoms with van der Waals surface area (Å²) in [4.78, 5) is 2.32.